The normalized spacial score (nSPS) is 16.1. The number of phenols is 2. The maximum atomic E-state index is 12.7. The summed E-state index contributed by atoms with van der Waals surface area (Å²) in [5, 5.41) is 33.8. The van der Waals surface area contributed by atoms with E-state index in [0.29, 0.717) is 39.6 Å². The van der Waals surface area contributed by atoms with Crippen LogP contribution in [0.2, 0.25) is 0 Å². The predicted molar refractivity (Wildman–Crippen MR) is 135 cm³/mol. The van der Waals surface area contributed by atoms with E-state index in [-0.39, 0.29) is 42.3 Å². The van der Waals surface area contributed by atoms with Gasteiger partial charge in [-0.15, -0.1) is 0 Å². The highest BCUT2D eigenvalue weighted by Gasteiger charge is 2.37. The number of ether oxygens (including phenoxy) is 5. The van der Waals surface area contributed by atoms with Gasteiger partial charge in [0.05, 0.1) is 38.5 Å². The highest BCUT2D eigenvalue weighted by molar-refractivity contribution is 5.98. The van der Waals surface area contributed by atoms with Crippen LogP contribution in [0.1, 0.15) is 69.2 Å². The first-order valence-electron chi connectivity index (χ1n) is 12.1. The lowest BCUT2D eigenvalue weighted by atomic mass is 9.82. The first-order chi connectivity index (χ1) is 18.7. The van der Waals surface area contributed by atoms with E-state index < -0.39 is 35.3 Å². The number of methoxy groups -OCH3 is 2. The Bertz CT molecular complexity index is 1500. The molecule has 3 N–H and O–H groups in total. The number of fused-ring (bicyclic) bond motifs is 2. The van der Waals surface area contributed by atoms with Crippen molar-refractivity contribution in [3.8, 4) is 34.5 Å². The lowest BCUT2D eigenvalue weighted by molar-refractivity contribution is -0.140. The average Bonchev–Trinajstić information content (AvgIpc) is 3.57. The molecule has 0 radical (unpaired) electrons. The molecule has 0 saturated carbocycles. The summed E-state index contributed by atoms with van der Waals surface area (Å²) in [7, 11) is 2.66. The second-order valence-corrected chi connectivity index (χ2v) is 9.29. The molecule has 0 spiro atoms. The van der Waals surface area contributed by atoms with Crippen LogP contribution >= 0.6 is 0 Å². The quantitative estimate of drug-likeness (QED) is 0.298. The van der Waals surface area contributed by atoms with Crippen LogP contribution in [0.15, 0.2) is 24.4 Å². The SMILES string of the molecule is COC(=O)CC(c1cc(OC)c2c(c1)OCO2)c1c(O)c(C(C)=O)cc(C2OCc3cnc(C)c(O)c32)c1O. The largest absolute Gasteiger partial charge is 0.507 e. The van der Waals surface area contributed by atoms with Gasteiger partial charge in [0.15, 0.2) is 17.3 Å². The Hall–Kier alpha value is -4.51. The minimum absolute atomic E-state index is 0.0342. The first kappa shape index (κ1) is 26.1. The van der Waals surface area contributed by atoms with Crippen LogP contribution in [0.3, 0.4) is 0 Å². The number of carbonyl (C=O) groups excluding carboxylic acids is 2. The Balaban J connectivity index is 1.76. The lowest BCUT2D eigenvalue weighted by Gasteiger charge is -2.25. The maximum absolute atomic E-state index is 12.7. The van der Waals surface area contributed by atoms with E-state index in [0.717, 1.165) is 0 Å². The highest BCUT2D eigenvalue weighted by atomic mass is 16.7. The number of benzene rings is 2. The molecule has 0 aliphatic carbocycles. The van der Waals surface area contributed by atoms with Gasteiger partial charge in [0.25, 0.3) is 0 Å². The fraction of sp³-hybridized carbons (Fsp3) is 0.321. The fourth-order valence-corrected chi connectivity index (χ4v) is 5.05. The number of pyridine rings is 1. The van der Waals surface area contributed by atoms with Gasteiger partial charge in [0.2, 0.25) is 12.5 Å². The van der Waals surface area contributed by atoms with Gasteiger partial charge in [0.1, 0.15) is 23.4 Å². The molecule has 11 nitrogen and oxygen atoms in total. The molecule has 2 aromatic carbocycles. The second kappa shape index (κ2) is 9.99. The summed E-state index contributed by atoms with van der Waals surface area (Å²) < 4.78 is 27.3. The Morgan fingerprint density at radius 1 is 1.10 bits per heavy atom. The van der Waals surface area contributed by atoms with E-state index in [2.05, 4.69) is 4.98 Å². The standard InChI is InChI=1S/C28H27NO10/c1-12-24(32)22-15(9-29-12)10-37-27(22)18-7-16(13(2)30)25(33)23(26(18)34)17(8-21(31)36-4)14-5-19(35-3)28-20(6-14)38-11-39-28/h5-7,9,17,27,32-34H,8,10-11H2,1-4H3. The molecule has 0 amide bonds. The zero-order chi connectivity index (χ0) is 28.0. The van der Waals surface area contributed by atoms with E-state index in [4.69, 9.17) is 23.7 Å². The number of aromatic hydroxyl groups is 3. The number of ketones is 1. The third-order valence-corrected chi connectivity index (χ3v) is 7.06. The number of esters is 1. The van der Waals surface area contributed by atoms with Gasteiger partial charge in [-0.05, 0) is 37.6 Å². The lowest BCUT2D eigenvalue weighted by Crippen LogP contribution is -2.14. The molecule has 11 heteroatoms. The predicted octanol–water partition coefficient (Wildman–Crippen LogP) is 3.76. The van der Waals surface area contributed by atoms with Gasteiger partial charge >= 0.3 is 5.97 Å². The smallest absolute Gasteiger partial charge is 0.306 e. The number of hydrogen-bond acceptors (Lipinski definition) is 11. The number of nitrogens with zero attached hydrogens (tertiary/aromatic N) is 1. The van der Waals surface area contributed by atoms with Crippen molar-refractivity contribution in [3.05, 3.63) is 63.5 Å². The van der Waals surface area contributed by atoms with E-state index in [9.17, 15) is 24.9 Å². The average molecular weight is 538 g/mol. The molecular formula is C28H27NO10. The first-order valence-corrected chi connectivity index (χ1v) is 12.1. The molecule has 2 aliphatic heterocycles. The van der Waals surface area contributed by atoms with E-state index in [1.54, 1.807) is 25.3 Å². The van der Waals surface area contributed by atoms with Crippen LogP contribution in [0.25, 0.3) is 0 Å². The summed E-state index contributed by atoms with van der Waals surface area (Å²) in [6.07, 6.45) is 0.301. The van der Waals surface area contributed by atoms with E-state index >= 15 is 0 Å². The summed E-state index contributed by atoms with van der Waals surface area (Å²) in [5.41, 5.74) is 1.76. The summed E-state index contributed by atoms with van der Waals surface area (Å²) in [5.74, 6) is -2.08. The van der Waals surface area contributed by atoms with Gasteiger partial charge in [-0.25, -0.2) is 0 Å². The van der Waals surface area contributed by atoms with Crippen LogP contribution in [0.4, 0.5) is 0 Å². The minimum Gasteiger partial charge on any atom is -0.507 e. The topological polar surface area (TPSA) is 154 Å². The molecule has 3 aromatic rings. The zero-order valence-electron chi connectivity index (χ0n) is 21.7. The van der Waals surface area contributed by atoms with Crippen LogP contribution in [0.5, 0.6) is 34.5 Å². The van der Waals surface area contributed by atoms with Crippen LogP contribution in [-0.2, 0) is 20.9 Å². The van der Waals surface area contributed by atoms with E-state index in [1.807, 2.05) is 0 Å². The molecule has 2 aliphatic rings. The molecule has 1 aromatic heterocycles. The van der Waals surface area contributed by atoms with E-state index in [1.165, 1.54) is 27.2 Å². The van der Waals surface area contributed by atoms with Crippen molar-refractivity contribution in [1.82, 2.24) is 4.98 Å². The number of aryl methyl sites for hydroxylation is 1. The fourth-order valence-electron chi connectivity index (χ4n) is 5.05. The molecular weight excluding hydrogens is 510 g/mol. The summed E-state index contributed by atoms with van der Waals surface area (Å²) >= 11 is 0. The number of Topliss-reactive ketones (excluding diaryl/α,β-unsaturated/α-hetero) is 1. The van der Waals surface area contributed by atoms with Crippen molar-refractivity contribution in [2.75, 3.05) is 21.0 Å². The van der Waals surface area contributed by atoms with Crippen molar-refractivity contribution in [2.45, 2.75) is 38.9 Å². The molecule has 5 rings (SSSR count). The molecule has 0 saturated heterocycles. The van der Waals surface area contributed by atoms with Gasteiger partial charge in [-0.2, -0.15) is 0 Å². The zero-order valence-corrected chi connectivity index (χ0v) is 21.7. The van der Waals surface area contributed by atoms with Crippen molar-refractivity contribution in [3.63, 3.8) is 0 Å². The summed E-state index contributed by atoms with van der Waals surface area (Å²) in [4.78, 5) is 29.4. The van der Waals surface area contributed by atoms with Gasteiger partial charge in [-0.3, -0.25) is 14.6 Å². The number of aromatic nitrogens is 1. The minimum atomic E-state index is -1.01. The van der Waals surface area contributed by atoms with Crippen LogP contribution in [-0.4, -0.2) is 53.1 Å². The van der Waals surface area contributed by atoms with Crippen molar-refractivity contribution >= 4 is 11.8 Å². The molecule has 0 bridgehead atoms. The molecule has 3 heterocycles. The maximum Gasteiger partial charge on any atom is 0.306 e. The van der Waals surface area contributed by atoms with Gasteiger partial charge in [0, 0.05) is 34.4 Å². The third kappa shape index (κ3) is 4.34. The Kier molecular flexibility index (Phi) is 6.69. The van der Waals surface area contributed by atoms with Crippen molar-refractivity contribution < 1.29 is 48.6 Å². The molecule has 39 heavy (non-hydrogen) atoms. The second-order valence-electron chi connectivity index (χ2n) is 9.29. The number of phenolic OH excluding ortho intramolecular Hbond substituents is 2. The molecule has 2 atom stereocenters. The Morgan fingerprint density at radius 3 is 2.56 bits per heavy atom. The van der Waals surface area contributed by atoms with Crippen LogP contribution in [0, 0.1) is 6.92 Å². The van der Waals surface area contributed by atoms with Crippen molar-refractivity contribution in [1.29, 1.82) is 0 Å². The number of rotatable bonds is 7. The van der Waals surface area contributed by atoms with Gasteiger partial charge < -0.3 is 39.0 Å². The third-order valence-electron chi connectivity index (χ3n) is 7.06. The van der Waals surface area contributed by atoms with Gasteiger partial charge in [-0.1, -0.05) is 0 Å². The van der Waals surface area contributed by atoms with Crippen molar-refractivity contribution in [2.24, 2.45) is 0 Å². The van der Waals surface area contributed by atoms with Crippen LogP contribution < -0.4 is 14.2 Å². The Labute approximate surface area is 223 Å². The number of hydrogen-bond donors (Lipinski definition) is 3. The summed E-state index contributed by atoms with van der Waals surface area (Å²) in [6, 6.07) is 4.54. The molecule has 204 valence electrons. The molecule has 0 fully saturated rings. The Morgan fingerprint density at radius 2 is 1.87 bits per heavy atom. The highest BCUT2D eigenvalue weighted by Crippen LogP contribution is 2.52. The summed E-state index contributed by atoms with van der Waals surface area (Å²) in [6.45, 7) is 2.98. The monoisotopic (exact) mass is 537 g/mol. The number of carbonyl (C=O) groups is 2. The molecule has 2 unspecified atom stereocenters.